The van der Waals surface area contributed by atoms with Gasteiger partial charge in [0.15, 0.2) is 24.8 Å². The normalized spacial score (nSPS) is 53.8. The van der Waals surface area contributed by atoms with E-state index in [1.165, 1.54) is 13.8 Å². The van der Waals surface area contributed by atoms with Crippen LogP contribution >= 0.6 is 0 Å². The third kappa shape index (κ3) is 6.89. The van der Waals surface area contributed by atoms with Crippen molar-refractivity contribution in [2.45, 2.75) is 199 Å². The van der Waals surface area contributed by atoms with Gasteiger partial charge in [0.05, 0.1) is 49.3 Å². The molecule has 3 heterocycles. The summed E-state index contributed by atoms with van der Waals surface area (Å²) in [5, 5.41) is 77.8. The first-order chi connectivity index (χ1) is 28.3. The Kier molecular flexibility index (Phi) is 11.5. The van der Waals surface area contributed by atoms with Crippen LogP contribution in [0.5, 0.6) is 0 Å². The lowest BCUT2D eigenvalue weighted by Gasteiger charge is -2.65. The van der Waals surface area contributed by atoms with Crippen LogP contribution in [0.1, 0.15) is 114 Å². The minimum absolute atomic E-state index is 0.0686. The topological polar surface area (TPSA) is 240 Å². The zero-order chi connectivity index (χ0) is 44.6. The predicted octanol–water partition coefficient (Wildman–Crippen LogP) is 1.72. The second-order valence-electron chi connectivity index (χ2n) is 22.3. The molecule has 3 saturated heterocycles. The molecule has 0 aromatic heterocycles. The summed E-state index contributed by atoms with van der Waals surface area (Å²) in [7, 11) is 0. The van der Waals surface area contributed by atoms with Gasteiger partial charge in [0.1, 0.15) is 30.5 Å². The van der Waals surface area contributed by atoms with Gasteiger partial charge < -0.3 is 68.9 Å². The molecule has 0 amide bonds. The Labute approximate surface area is 358 Å². The van der Waals surface area contributed by atoms with Gasteiger partial charge in [0, 0.05) is 25.7 Å². The summed E-state index contributed by atoms with van der Waals surface area (Å²) < 4.78 is 43.1. The number of ether oxygens (including phenoxy) is 7. The SMILES string of the molecule is CC(=O)O[C@@H]1[C@H](O)[C@H](O[C@H]2CC[C@]34C[C@]35CC[C@]3(C)[C@@H]([C@@]6(C)C[C@@H](C(C)(C)O)CO6)[C@@H](O)C[C@]3(C)[C@@H]5C[C@H](O[C@@H]3O[C@H](CO)[C@H](O)[C@H](O)[C@@H]3O)[C@H]4C2(C)C)OC[C@H]1OC(C)=O. The van der Waals surface area contributed by atoms with E-state index < -0.39 is 109 Å². The van der Waals surface area contributed by atoms with Crippen molar-refractivity contribution < 1.29 is 78.5 Å². The van der Waals surface area contributed by atoms with E-state index in [2.05, 4.69) is 34.6 Å². The lowest BCUT2D eigenvalue weighted by Crippen LogP contribution is -2.65. The van der Waals surface area contributed by atoms with Gasteiger partial charge in [0.2, 0.25) is 0 Å². The standard InChI is InChI=1S/C45H72O16/c1-21(47)57-27-19-55-37(33(53)34(27)58-22(2)48)61-29-10-11-45-20-44(45)13-12-41(7)35(43(9)15-23(18-56-43)40(5,6)54)24(49)16-42(41,8)28(44)14-25(36(45)39(29,3)4)59-38-32(52)31(51)30(50)26(17-46)60-38/h23-38,46,49-54H,10-20H2,1-9H3/t23-,24+,25+,26-,27-,28+,29+,30+,31+,32+,33+,34+,35+,36+,37+,38-,41-,42-,43-,44+,45-/m1/s1. The maximum Gasteiger partial charge on any atom is 0.303 e. The van der Waals surface area contributed by atoms with Crippen molar-refractivity contribution in [3.05, 3.63) is 0 Å². The first-order valence-corrected chi connectivity index (χ1v) is 22.6. The number of aliphatic hydroxyl groups excluding tert-OH is 6. The molecule has 16 heteroatoms. The second-order valence-corrected chi connectivity index (χ2v) is 22.3. The van der Waals surface area contributed by atoms with Crippen molar-refractivity contribution in [1.82, 2.24) is 0 Å². The van der Waals surface area contributed by atoms with Crippen molar-refractivity contribution >= 4 is 11.9 Å². The van der Waals surface area contributed by atoms with E-state index in [1.54, 1.807) is 0 Å². The molecule has 0 aromatic rings. The van der Waals surface area contributed by atoms with Crippen molar-refractivity contribution in [2.75, 3.05) is 19.8 Å². The van der Waals surface area contributed by atoms with Gasteiger partial charge in [0.25, 0.3) is 0 Å². The average Bonchev–Trinajstić information content (AvgIpc) is 3.52. The summed E-state index contributed by atoms with van der Waals surface area (Å²) in [6.07, 6.45) is -8.21. The molecule has 21 atom stereocenters. The van der Waals surface area contributed by atoms with Crippen LogP contribution in [0, 0.1) is 50.7 Å². The first-order valence-electron chi connectivity index (χ1n) is 22.6. The molecule has 2 spiro atoms. The fourth-order valence-electron chi connectivity index (χ4n) is 15.5. The van der Waals surface area contributed by atoms with Gasteiger partial charge >= 0.3 is 11.9 Å². The van der Waals surface area contributed by atoms with E-state index >= 15 is 0 Å². The monoisotopic (exact) mass is 868 g/mol. The molecular formula is C45H72O16. The summed E-state index contributed by atoms with van der Waals surface area (Å²) in [6, 6.07) is 0. The smallest absolute Gasteiger partial charge is 0.303 e. The van der Waals surface area contributed by atoms with Crippen LogP contribution in [0.4, 0.5) is 0 Å². The maximum atomic E-state index is 12.3. The van der Waals surface area contributed by atoms with E-state index in [1.807, 2.05) is 13.8 Å². The molecule has 0 radical (unpaired) electrons. The Morgan fingerprint density at radius 2 is 1.44 bits per heavy atom. The number of carbonyl (C=O) groups excluding carboxylic acids is 2. The quantitative estimate of drug-likeness (QED) is 0.129. The van der Waals surface area contributed by atoms with Crippen molar-refractivity contribution in [2.24, 2.45) is 50.7 Å². The maximum absolute atomic E-state index is 12.3. The number of esters is 2. The highest BCUT2D eigenvalue weighted by atomic mass is 16.7. The fourth-order valence-corrected chi connectivity index (χ4v) is 15.5. The molecule has 348 valence electrons. The first kappa shape index (κ1) is 46.0. The van der Waals surface area contributed by atoms with E-state index in [-0.39, 0.29) is 51.9 Å². The Hall–Kier alpha value is -1.54. The van der Waals surface area contributed by atoms with Crippen LogP contribution in [0.25, 0.3) is 0 Å². The molecule has 0 unspecified atom stereocenters. The Morgan fingerprint density at radius 3 is 2.07 bits per heavy atom. The Balaban J connectivity index is 1.13. The highest BCUT2D eigenvalue weighted by Crippen LogP contribution is 2.89. The summed E-state index contributed by atoms with van der Waals surface area (Å²) in [4.78, 5) is 24.0. The average molecular weight is 869 g/mol. The summed E-state index contributed by atoms with van der Waals surface area (Å²) in [6.45, 7) is 16.7. The van der Waals surface area contributed by atoms with Gasteiger partial charge in [-0.2, -0.15) is 0 Å². The van der Waals surface area contributed by atoms with Gasteiger partial charge in [-0.3, -0.25) is 9.59 Å². The summed E-state index contributed by atoms with van der Waals surface area (Å²) in [5.74, 6) is -1.68. The van der Waals surface area contributed by atoms with E-state index in [4.69, 9.17) is 33.2 Å². The lowest BCUT2D eigenvalue weighted by molar-refractivity contribution is -0.339. The number of aliphatic hydroxyl groups is 7. The van der Waals surface area contributed by atoms with E-state index in [0.717, 1.165) is 25.7 Å². The Morgan fingerprint density at radius 1 is 0.754 bits per heavy atom. The van der Waals surface area contributed by atoms with Crippen LogP contribution < -0.4 is 0 Å². The molecule has 8 rings (SSSR count). The molecule has 7 N–H and O–H groups in total. The minimum Gasteiger partial charge on any atom is -0.456 e. The van der Waals surface area contributed by atoms with Gasteiger partial charge in [-0.05, 0) is 111 Å². The molecule has 61 heavy (non-hydrogen) atoms. The zero-order valence-corrected chi connectivity index (χ0v) is 37.3. The number of fused-ring (bicyclic) bond motifs is 2. The largest absolute Gasteiger partial charge is 0.456 e. The molecule has 3 aliphatic heterocycles. The number of hydrogen-bond donors (Lipinski definition) is 7. The highest BCUT2D eigenvalue weighted by molar-refractivity contribution is 5.67. The van der Waals surface area contributed by atoms with Crippen LogP contribution in [0.3, 0.4) is 0 Å². The molecule has 8 aliphatic rings. The van der Waals surface area contributed by atoms with Crippen molar-refractivity contribution in [3.8, 4) is 0 Å². The predicted molar refractivity (Wildman–Crippen MR) is 213 cm³/mol. The van der Waals surface area contributed by atoms with Gasteiger partial charge in [-0.1, -0.05) is 27.7 Å². The van der Waals surface area contributed by atoms with Crippen LogP contribution in [0.2, 0.25) is 0 Å². The summed E-state index contributed by atoms with van der Waals surface area (Å²) >= 11 is 0. The fraction of sp³-hybridized carbons (Fsp3) is 0.956. The number of carbonyl (C=O) groups is 2. The molecule has 5 saturated carbocycles. The molecule has 0 bridgehead atoms. The van der Waals surface area contributed by atoms with Gasteiger partial charge in [-0.15, -0.1) is 0 Å². The molecule has 5 aliphatic carbocycles. The molecular weight excluding hydrogens is 796 g/mol. The minimum atomic E-state index is -1.63. The van der Waals surface area contributed by atoms with Crippen LogP contribution in [-0.2, 0) is 42.7 Å². The Bertz CT molecular complexity index is 1680. The van der Waals surface area contributed by atoms with E-state index in [9.17, 15) is 45.3 Å². The third-order valence-electron chi connectivity index (χ3n) is 18.4. The number of rotatable bonds is 9. The molecule has 8 fully saturated rings. The highest BCUT2D eigenvalue weighted by Gasteiger charge is 2.85. The van der Waals surface area contributed by atoms with Gasteiger partial charge in [-0.25, -0.2) is 0 Å². The van der Waals surface area contributed by atoms with Crippen LogP contribution in [0.15, 0.2) is 0 Å². The second kappa shape index (κ2) is 15.3. The zero-order valence-electron chi connectivity index (χ0n) is 37.3. The molecule has 0 aromatic carbocycles. The molecule has 16 nitrogen and oxygen atoms in total. The lowest BCUT2D eigenvalue weighted by atomic mass is 9.41. The van der Waals surface area contributed by atoms with Crippen LogP contribution in [-0.4, -0.2) is 152 Å². The van der Waals surface area contributed by atoms with Crippen molar-refractivity contribution in [3.63, 3.8) is 0 Å². The number of hydrogen-bond acceptors (Lipinski definition) is 16. The third-order valence-corrected chi connectivity index (χ3v) is 18.4. The van der Waals surface area contributed by atoms with E-state index in [0.29, 0.717) is 32.3 Å². The van der Waals surface area contributed by atoms with Crippen molar-refractivity contribution in [1.29, 1.82) is 0 Å². The summed E-state index contributed by atoms with van der Waals surface area (Å²) in [5.41, 5.74) is -3.33.